The van der Waals surface area contributed by atoms with Gasteiger partial charge in [0.2, 0.25) is 0 Å². The zero-order valence-electron chi connectivity index (χ0n) is 32.0. The Hall–Kier alpha value is -2.77. The Labute approximate surface area is 302 Å². The number of aryl methyl sites for hydroxylation is 1. The van der Waals surface area contributed by atoms with E-state index in [-0.39, 0.29) is 23.3 Å². The zero-order chi connectivity index (χ0) is 36.4. The molecule has 0 spiro atoms. The molecule has 2 aromatic carbocycles. The summed E-state index contributed by atoms with van der Waals surface area (Å²) in [5.74, 6) is 2.08. The third kappa shape index (κ3) is 11.6. The lowest BCUT2D eigenvalue weighted by Gasteiger charge is -2.27. The third-order valence-electron chi connectivity index (χ3n) is 12.4. The molecule has 7 N–H and O–H groups in total. The molecule has 0 unspecified atom stereocenters. The van der Waals surface area contributed by atoms with Crippen molar-refractivity contribution < 1.29 is 31.0 Å². The van der Waals surface area contributed by atoms with Crippen LogP contribution >= 0.6 is 0 Å². The molecule has 7 nitrogen and oxygen atoms in total. The van der Waals surface area contributed by atoms with Crippen LogP contribution in [-0.2, 0) is 0 Å². The lowest BCUT2D eigenvalue weighted by molar-refractivity contribution is -0.426. The van der Waals surface area contributed by atoms with Crippen molar-refractivity contribution >= 4 is 28.4 Å². The van der Waals surface area contributed by atoms with E-state index in [4.69, 9.17) is 0 Å². The maximum absolute atomic E-state index is 13.4. The van der Waals surface area contributed by atoms with Gasteiger partial charge in [-0.2, -0.15) is 0 Å². The summed E-state index contributed by atoms with van der Waals surface area (Å²) in [5.41, 5.74) is 9.64. The molecule has 0 aliphatic heterocycles. The van der Waals surface area contributed by atoms with Gasteiger partial charge in [0.05, 0.1) is 18.1 Å². The van der Waals surface area contributed by atoms with Crippen LogP contribution in [0.4, 0.5) is 0 Å². The number of rotatable bonds is 6. The summed E-state index contributed by atoms with van der Waals surface area (Å²) < 4.78 is 0. The van der Waals surface area contributed by atoms with Crippen LogP contribution in [0, 0.1) is 36.5 Å². The van der Waals surface area contributed by atoms with Gasteiger partial charge in [-0.15, -0.1) is 0 Å². The van der Waals surface area contributed by atoms with Crippen molar-refractivity contribution in [3.8, 4) is 0 Å². The summed E-state index contributed by atoms with van der Waals surface area (Å²) in [5, 5.41) is 16.1. The first-order chi connectivity index (χ1) is 23.8. The maximum atomic E-state index is 13.4. The molecule has 0 atom stereocenters. The molecule has 0 radical (unpaired) electrons. The van der Waals surface area contributed by atoms with Crippen molar-refractivity contribution in [2.45, 2.75) is 162 Å². The van der Waals surface area contributed by atoms with Gasteiger partial charge < -0.3 is 26.7 Å². The molecule has 4 fully saturated rings. The Kier molecular flexibility index (Phi) is 15.3. The molecule has 0 saturated heterocycles. The van der Waals surface area contributed by atoms with Crippen LogP contribution < -0.4 is 21.9 Å². The zero-order valence-corrected chi connectivity index (χ0v) is 32.0. The highest BCUT2D eigenvalue weighted by Gasteiger charge is 2.26. The number of aromatic carboxylic acids is 1. The third-order valence-corrected chi connectivity index (χ3v) is 12.4. The second-order valence-electron chi connectivity index (χ2n) is 17.1. The van der Waals surface area contributed by atoms with Crippen molar-refractivity contribution in [1.29, 1.82) is 0 Å². The van der Waals surface area contributed by atoms with Crippen LogP contribution in [0.5, 0.6) is 0 Å². The fraction of sp³-hybridized carbons (Fsp3) is 0.698. The minimum atomic E-state index is -1.33. The number of nitrogens with one attached hydrogen (secondary N) is 1. The highest BCUT2D eigenvalue weighted by molar-refractivity contribution is 6.20. The standard InChI is InChI=1S/C29H37NO4.2C7H15N/c1-17-4-9-20(10-5-17)16-25(31)22-14-15-23(28(32)30-21-11-6-18(2)7-12-21)26-19(3)8-13-24(27(22)26)29(33)34;2*1-6-2-4-7(8)5-3-6/h8,13-15,17-18,20-21H,4-7,9-12,16H2,1-3H3,(H,30,32)(H,33,34);2*6-7H,2-5,8H2,1H3/p+1. The molecule has 1 amide bonds. The Balaban J connectivity index is 0.000000286. The Morgan fingerprint density at radius 2 is 1.02 bits per heavy atom. The molecular weight excluding hydrogens is 622 g/mol. The number of quaternary nitrogens is 2. The smallest absolute Gasteiger partial charge is 0.252 e. The van der Waals surface area contributed by atoms with Crippen LogP contribution in [0.1, 0.15) is 173 Å². The van der Waals surface area contributed by atoms with E-state index in [0.29, 0.717) is 46.1 Å². The number of carboxylic acids is 1. The van der Waals surface area contributed by atoms with Gasteiger partial charge in [-0.3, -0.25) is 9.59 Å². The summed E-state index contributed by atoms with van der Waals surface area (Å²) in [6, 6.07) is 8.21. The Morgan fingerprint density at radius 1 is 0.600 bits per heavy atom. The van der Waals surface area contributed by atoms with Crippen LogP contribution in [-0.4, -0.2) is 35.8 Å². The molecule has 0 aromatic heterocycles. The maximum Gasteiger partial charge on any atom is 0.252 e. The van der Waals surface area contributed by atoms with Gasteiger partial charge in [0, 0.05) is 34.5 Å². The van der Waals surface area contributed by atoms with Gasteiger partial charge in [0.25, 0.3) is 5.91 Å². The summed E-state index contributed by atoms with van der Waals surface area (Å²) in [6.45, 7) is 11.0. The van der Waals surface area contributed by atoms with Crippen molar-refractivity contribution in [3.05, 3.63) is 46.5 Å². The minimum absolute atomic E-state index is 0.0256. The van der Waals surface area contributed by atoms with Gasteiger partial charge in [-0.25, -0.2) is 0 Å². The predicted molar refractivity (Wildman–Crippen MR) is 201 cm³/mol. The molecule has 6 rings (SSSR count). The fourth-order valence-electron chi connectivity index (χ4n) is 8.49. The number of hydrogen-bond donors (Lipinski definition) is 3. The van der Waals surface area contributed by atoms with E-state index in [9.17, 15) is 19.5 Å². The lowest BCUT2D eigenvalue weighted by atomic mass is 9.79. The van der Waals surface area contributed by atoms with Crippen LogP contribution in [0.3, 0.4) is 0 Å². The number of Topliss-reactive ketones (excluding diaryl/α,β-unsaturated/α-hetero) is 1. The van der Waals surface area contributed by atoms with Crippen LogP contribution in [0.25, 0.3) is 10.8 Å². The predicted octanol–water partition coefficient (Wildman–Crippen LogP) is 6.83. The largest absolute Gasteiger partial charge is 0.545 e. The quantitative estimate of drug-likeness (QED) is 0.286. The SMILES string of the molecule is CC1CCC([NH3+])CC1.CC1CCC([NH3+])CC1.Cc1ccc(C(=O)[O-])c2c(C(=O)CC3CCC(C)CC3)ccc(C(=O)NC3CCC(C)CC3)c12. The topological polar surface area (TPSA) is 142 Å². The summed E-state index contributed by atoms with van der Waals surface area (Å²) >= 11 is 0. The Morgan fingerprint density at radius 3 is 1.48 bits per heavy atom. The van der Waals surface area contributed by atoms with Crippen molar-refractivity contribution in [2.24, 2.45) is 29.6 Å². The van der Waals surface area contributed by atoms with Gasteiger partial charge in [-0.1, -0.05) is 52.7 Å². The monoisotopic (exact) mass is 691 g/mol. The number of carboxylic acid groups (broad SMARTS) is 1. The lowest BCUT2D eigenvalue weighted by Crippen LogP contribution is -2.61. The van der Waals surface area contributed by atoms with E-state index in [1.54, 1.807) is 18.2 Å². The molecule has 4 saturated carbocycles. The van der Waals surface area contributed by atoms with E-state index >= 15 is 0 Å². The normalized spacial score (nSPS) is 29.8. The average molecular weight is 691 g/mol. The van der Waals surface area contributed by atoms with E-state index in [2.05, 4.69) is 44.5 Å². The number of hydrogen-bond acceptors (Lipinski definition) is 4. The molecule has 2 aromatic rings. The first kappa shape index (κ1) is 40.0. The number of carbonyl (C=O) groups excluding carboxylic acids is 3. The first-order valence-electron chi connectivity index (χ1n) is 20.1. The summed E-state index contributed by atoms with van der Waals surface area (Å²) in [4.78, 5) is 38.8. The molecule has 4 aliphatic carbocycles. The van der Waals surface area contributed by atoms with Gasteiger partial charge in [-0.05, 0) is 149 Å². The number of carbonyl (C=O) groups is 3. The number of fused-ring (bicyclic) bond motifs is 1. The molecule has 0 bridgehead atoms. The second kappa shape index (κ2) is 19.2. The molecule has 0 heterocycles. The molecule has 278 valence electrons. The average Bonchev–Trinajstić information content (AvgIpc) is 3.09. The minimum Gasteiger partial charge on any atom is -0.545 e. The number of benzene rings is 2. The Bertz CT molecular complexity index is 1370. The fourth-order valence-corrected chi connectivity index (χ4v) is 8.49. The highest BCUT2D eigenvalue weighted by Crippen LogP contribution is 2.35. The molecule has 4 aliphatic rings. The van der Waals surface area contributed by atoms with E-state index in [1.807, 2.05) is 6.92 Å². The van der Waals surface area contributed by atoms with Crippen molar-refractivity contribution in [2.75, 3.05) is 0 Å². The van der Waals surface area contributed by atoms with Gasteiger partial charge in [0.1, 0.15) is 0 Å². The van der Waals surface area contributed by atoms with Gasteiger partial charge >= 0.3 is 0 Å². The summed E-state index contributed by atoms with van der Waals surface area (Å²) in [6.07, 6.45) is 19.9. The second-order valence-corrected chi connectivity index (χ2v) is 17.1. The molecule has 7 heteroatoms. The summed E-state index contributed by atoms with van der Waals surface area (Å²) in [7, 11) is 0. The van der Waals surface area contributed by atoms with Crippen molar-refractivity contribution in [3.63, 3.8) is 0 Å². The van der Waals surface area contributed by atoms with Crippen molar-refractivity contribution in [1.82, 2.24) is 5.32 Å². The molecule has 50 heavy (non-hydrogen) atoms. The van der Waals surface area contributed by atoms with Gasteiger partial charge in [0.15, 0.2) is 5.78 Å². The first-order valence-corrected chi connectivity index (χ1v) is 20.1. The van der Waals surface area contributed by atoms with E-state index in [1.165, 1.54) is 57.4 Å². The number of ketones is 1. The highest BCUT2D eigenvalue weighted by atomic mass is 16.4. The van der Waals surface area contributed by atoms with E-state index in [0.717, 1.165) is 80.8 Å². The van der Waals surface area contributed by atoms with Crippen LogP contribution in [0.2, 0.25) is 0 Å². The number of amides is 1. The van der Waals surface area contributed by atoms with E-state index < -0.39 is 5.97 Å². The molecular formula is C43H68N3O4+. The van der Waals surface area contributed by atoms with Crippen LogP contribution in [0.15, 0.2) is 24.3 Å².